The molecule has 0 atom stereocenters. The molecule has 0 spiro atoms. The molecule has 6 aromatic rings. The van der Waals surface area contributed by atoms with Crippen LogP contribution in [0.15, 0.2) is 182 Å². The van der Waals surface area contributed by atoms with Crippen LogP contribution in [-0.2, 0) is 29.7 Å². The van der Waals surface area contributed by atoms with Gasteiger partial charge in [-0.3, -0.25) is 0 Å². The van der Waals surface area contributed by atoms with Gasteiger partial charge in [0.1, 0.15) is 0 Å². The Morgan fingerprint density at radius 1 is 0.395 bits per heavy atom. The Morgan fingerprint density at radius 3 is 0.884 bits per heavy atom. The Labute approximate surface area is 269 Å². The van der Waals surface area contributed by atoms with E-state index in [1.165, 1.54) is 15.9 Å². The molecule has 0 aliphatic heterocycles. The van der Waals surface area contributed by atoms with Crippen LogP contribution in [0.25, 0.3) is 0 Å². The zero-order valence-corrected chi connectivity index (χ0v) is 27.2. The third-order valence-electron chi connectivity index (χ3n) is 8.02. The first-order valence-electron chi connectivity index (χ1n) is 14.3. The Balaban J connectivity index is 0.00000368. The van der Waals surface area contributed by atoms with Crippen LogP contribution in [0.2, 0.25) is 0 Å². The van der Waals surface area contributed by atoms with Crippen LogP contribution >= 0.6 is 14.8 Å². The first-order valence-corrected chi connectivity index (χ1v) is 18.4. The van der Waals surface area contributed by atoms with Crippen molar-refractivity contribution in [3.05, 3.63) is 182 Å². The van der Waals surface area contributed by atoms with Gasteiger partial charge in [0.15, 0.2) is 0 Å². The van der Waals surface area contributed by atoms with Gasteiger partial charge in [-0.15, -0.1) is 0 Å². The van der Waals surface area contributed by atoms with E-state index >= 15 is 0 Å². The van der Waals surface area contributed by atoms with Gasteiger partial charge in [-0.05, 0) is 0 Å². The number of carbonyl (C=O) groups excluding carboxylic acids is 1. The molecule has 2 nitrogen and oxygen atoms in total. The van der Waals surface area contributed by atoms with E-state index in [1.807, 2.05) is 72.8 Å². The summed E-state index contributed by atoms with van der Waals surface area (Å²) in [7, 11) is -6.06. The maximum Gasteiger partial charge on any atom is 0 e. The van der Waals surface area contributed by atoms with E-state index in [9.17, 15) is 4.79 Å². The Kier molecular flexibility index (Phi) is 10.1. The number of carbonyl (C=O) groups is 1. The predicted molar refractivity (Wildman–Crippen MR) is 184 cm³/mol. The third-order valence-corrected chi connectivity index (χ3v) is 16.8. The molecule has 0 N–H and O–H groups in total. The van der Waals surface area contributed by atoms with E-state index in [0.717, 1.165) is 15.9 Å². The van der Waals surface area contributed by atoms with Gasteiger partial charge in [0.05, 0.1) is 0 Å². The van der Waals surface area contributed by atoms with Crippen molar-refractivity contribution in [2.75, 3.05) is 6.16 Å². The molecule has 0 amide bonds. The molecule has 0 saturated carbocycles. The van der Waals surface area contributed by atoms with E-state index in [4.69, 9.17) is 4.52 Å². The molecule has 0 saturated heterocycles. The van der Waals surface area contributed by atoms with Crippen molar-refractivity contribution < 1.29 is 29.7 Å². The largest absolute Gasteiger partial charge is 0 e. The van der Waals surface area contributed by atoms with Crippen molar-refractivity contribution >= 4 is 52.5 Å². The minimum atomic E-state index is -3.22. The first-order chi connectivity index (χ1) is 20.7. The second-order valence-corrected chi connectivity index (χ2v) is 17.6. The van der Waals surface area contributed by atoms with Gasteiger partial charge >= 0.3 is 250 Å². The van der Waals surface area contributed by atoms with Crippen LogP contribution in [0, 0.1) is 0 Å². The number of benzene rings is 6. The molecule has 0 radical (unpaired) electrons. The summed E-state index contributed by atoms with van der Waals surface area (Å²) in [4.78, 5) is 14.8. The van der Waals surface area contributed by atoms with E-state index < -0.39 is 14.8 Å². The molecule has 0 aliphatic rings. The number of rotatable bonds is 9. The Bertz CT molecular complexity index is 1390. The fraction of sp³-hybridized carbons (Fsp3) is 0.0263. The minimum Gasteiger partial charge on any atom is 0 e. The standard InChI is InChI=1S/C38H34O2P2.Pd/c39-38(31-41(32-19-7-1-8-20-32,33-21-9-2-10-22-33)34-23-11-3-12-24-34)40-42(35-25-13-4-14-26-35,36-27-15-5-16-28-36)37-29-17-6-18-30-37;/h1-30,41-42H,31H2;. The average molecular weight is 691 g/mol. The second kappa shape index (κ2) is 14.2. The molecule has 218 valence electrons. The maximum absolute atomic E-state index is 14.8. The Hall–Kier alpha value is -3.69. The monoisotopic (exact) mass is 690 g/mol. The molecule has 6 aromatic carbocycles. The summed E-state index contributed by atoms with van der Waals surface area (Å²) < 4.78 is 7.05. The van der Waals surface area contributed by atoms with Crippen molar-refractivity contribution in [1.29, 1.82) is 0 Å². The Morgan fingerprint density at radius 2 is 0.628 bits per heavy atom. The molecule has 6 rings (SSSR count). The fourth-order valence-corrected chi connectivity index (χ4v) is 14.4. The van der Waals surface area contributed by atoms with Crippen molar-refractivity contribution in [1.82, 2.24) is 0 Å². The maximum atomic E-state index is 14.8. The van der Waals surface area contributed by atoms with Crippen molar-refractivity contribution in [2.24, 2.45) is 0 Å². The molecular formula is C38H34O2P2Pd. The van der Waals surface area contributed by atoms with Crippen LogP contribution in [0.3, 0.4) is 0 Å². The third kappa shape index (κ3) is 6.19. The molecule has 0 aliphatic carbocycles. The normalized spacial score (nSPS) is 12.0. The summed E-state index contributed by atoms with van der Waals surface area (Å²) in [5, 5.41) is 6.69. The van der Waals surface area contributed by atoms with Gasteiger partial charge in [0.25, 0.3) is 0 Å². The van der Waals surface area contributed by atoms with E-state index in [1.54, 1.807) is 0 Å². The van der Waals surface area contributed by atoms with Gasteiger partial charge in [0, 0.05) is 20.4 Å². The van der Waals surface area contributed by atoms with E-state index in [2.05, 4.69) is 109 Å². The number of hydrogen-bond acceptors (Lipinski definition) is 2. The fourth-order valence-electron chi connectivity index (χ4n) is 6.09. The summed E-state index contributed by atoms with van der Waals surface area (Å²) in [5.41, 5.74) is 0. The average Bonchev–Trinajstić information content (AvgIpc) is 3.08. The van der Waals surface area contributed by atoms with E-state index in [0.29, 0.717) is 0 Å². The summed E-state index contributed by atoms with van der Waals surface area (Å²) >= 11 is 0. The molecular weight excluding hydrogens is 657 g/mol. The zero-order chi connectivity index (χ0) is 28.7. The van der Waals surface area contributed by atoms with Gasteiger partial charge in [-0.1, -0.05) is 0 Å². The summed E-state index contributed by atoms with van der Waals surface area (Å²) in [6.07, 6.45) is 0.284. The van der Waals surface area contributed by atoms with Gasteiger partial charge in [0.2, 0.25) is 0 Å². The van der Waals surface area contributed by atoms with Crippen molar-refractivity contribution in [3.8, 4) is 0 Å². The molecule has 5 heteroatoms. The van der Waals surface area contributed by atoms with Gasteiger partial charge in [-0.25, -0.2) is 0 Å². The van der Waals surface area contributed by atoms with Crippen LogP contribution < -0.4 is 31.8 Å². The van der Waals surface area contributed by atoms with E-state index in [-0.39, 0.29) is 32.6 Å². The summed E-state index contributed by atoms with van der Waals surface area (Å²) in [6.45, 7) is 0. The summed E-state index contributed by atoms with van der Waals surface area (Å²) in [6, 6.07) is 62.5. The minimum absolute atomic E-state index is 0. The molecule has 0 fully saturated rings. The quantitative estimate of drug-likeness (QED) is 0.140. The molecule has 43 heavy (non-hydrogen) atoms. The molecule has 0 unspecified atom stereocenters. The summed E-state index contributed by atoms with van der Waals surface area (Å²) in [5.74, 6) is -0.179. The SMILES string of the molecule is O=C(C[PH](c1ccccc1)(c1ccccc1)c1ccccc1)O[PH](c1ccccc1)(c1ccccc1)c1ccccc1.[Pd]. The molecule has 0 aromatic heterocycles. The zero-order valence-electron chi connectivity index (χ0n) is 23.7. The first kappa shape index (κ1) is 30.8. The smallest absolute Gasteiger partial charge is 0 e. The van der Waals surface area contributed by atoms with Crippen molar-refractivity contribution in [3.63, 3.8) is 0 Å². The van der Waals surface area contributed by atoms with Crippen LogP contribution in [0.1, 0.15) is 0 Å². The number of hydrogen-bond donors (Lipinski definition) is 0. The van der Waals surface area contributed by atoms with Gasteiger partial charge < -0.3 is 0 Å². The van der Waals surface area contributed by atoms with Gasteiger partial charge in [-0.2, -0.15) is 0 Å². The second-order valence-electron chi connectivity index (χ2n) is 10.4. The predicted octanol–water partition coefficient (Wildman–Crippen LogP) is 5.89. The molecule has 0 bridgehead atoms. The van der Waals surface area contributed by atoms with Crippen LogP contribution in [0.4, 0.5) is 0 Å². The van der Waals surface area contributed by atoms with Crippen molar-refractivity contribution in [2.45, 2.75) is 0 Å². The topological polar surface area (TPSA) is 26.3 Å². The van der Waals surface area contributed by atoms with Crippen LogP contribution in [0.5, 0.6) is 0 Å². The molecule has 0 heterocycles. The van der Waals surface area contributed by atoms with Crippen LogP contribution in [-0.4, -0.2) is 12.1 Å².